The molecule has 128 valence electrons. The second kappa shape index (κ2) is 6.22. The number of hydrogen-bond donors (Lipinski definition) is 0. The predicted molar refractivity (Wildman–Crippen MR) is 92.2 cm³/mol. The molecule has 0 saturated carbocycles. The second-order valence-electron chi connectivity index (χ2n) is 6.96. The predicted octanol–water partition coefficient (Wildman–Crippen LogP) is 2.53. The van der Waals surface area contributed by atoms with E-state index in [2.05, 4.69) is 11.8 Å². The van der Waals surface area contributed by atoms with Crippen molar-refractivity contribution in [3.63, 3.8) is 0 Å². The summed E-state index contributed by atoms with van der Waals surface area (Å²) >= 11 is 0. The van der Waals surface area contributed by atoms with E-state index in [9.17, 15) is 4.79 Å². The Morgan fingerprint density at radius 1 is 1.17 bits per heavy atom. The molecule has 0 radical (unpaired) electrons. The summed E-state index contributed by atoms with van der Waals surface area (Å²) in [5.41, 5.74) is 1.73. The van der Waals surface area contributed by atoms with Crippen molar-refractivity contribution in [3.05, 3.63) is 35.6 Å². The molecule has 0 spiro atoms. The number of carbonyl (C=O) groups excluding carboxylic acids is 1. The number of aryl methyl sites for hydroxylation is 1. The van der Waals surface area contributed by atoms with Crippen LogP contribution in [0.4, 0.5) is 0 Å². The standard InChI is InChI=1S/C19H24N2O3/c1-13-11-21(12-16(13)20-7-9-23-10-8-20)19(22)18-14(2)15-5-3-4-6-17(15)24-18/h3-6,13,16H,7-12H2,1-2H3. The summed E-state index contributed by atoms with van der Waals surface area (Å²) in [6, 6.07) is 8.26. The molecule has 2 unspecified atom stereocenters. The van der Waals surface area contributed by atoms with Crippen LogP contribution in [0.3, 0.4) is 0 Å². The molecule has 2 aromatic rings. The molecule has 2 aliphatic rings. The molecule has 3 heterocycles. The van der Waals surface area contributed by atoms with Gasteiger partial charge in [0, 0.05) is 43.2 Å². The van der Waals surface area contributed by atoms with Gasteiger partial charge in [-0.05, 0) is 18.9 Å². The minimum absolute atomic E-state index is 0.0197. The maximum absolute atomic E-state index is 13.0. The van der Waals surface area contributed by atoms with Crippen LogP contribution in [-0.2, 0) is 4.74 Å². The zero-order valence-corrected chi connectivity index (χ0v) is 14.3. The molecule has 1 amide bonds. The van der Waals surface area contributed by atoms with Crippen molar-refractivity contribution >= 4 is 16.9 Å². The topological polar surface area (TPSA) is 45.9 Å². The van der Waals surface area contributed by atoms with Gasteiger partial charge in [-0.25, -0.2) is 0 Å². The summed E-state index contributed by atoms with van der Waals surface area (Å²) in [5.74, 6) is 0.981. The third kappa shape index (κ3) is 2.62. The Morgan fingerprint density at radius 3 is 2.67 bits per heavy atom. The number of fused-ring (bicyclic) bond motifs is 1. The molecule has 0 N–H and O–H groups in total. The highest BCUT2D eigenvalue weighted by atomic mass is 16.5. The van der Waals surface area contributed by atoms with Crippen molar-refractivity contribution < 1.29 is 13.9 Å². The lowest BCUT2D eigenvalue weighted by molar-refractivity contribution is 0.0119. The van der Waals surface area contributed by atoms with Gasteiger partial charge >= 0.3 is 0 Å². The van der Waals surface area contributed by atoms with E-state index in [1.807, 2.05) is 36.1 Å². The Hall–Kier alpha value is -1.85. The van der Waals surface area contributed by atoms with Gasteiger partial charge in [0.15, 0.2) is 5.76 Å². The van der Waals surface area contributed by atoms with Gasteiger partial charge in [-0.2, -0.15) is 0 Å². The van der Waals surface area contributed by atoms with Gasteiger partial charge in [-0.3, -0.25) is 9.69 Å². The summed E-state index contributed by atoms with van der Waals surface area (Å²) in [6.45, 7) is 9.27. The highest BCUT2D eigenvalue weighted by molar-refractivity contribution is 5.99. The van der Waals surface area contributed by atoms with E-state index in [4.69, 9.17) is 9.15 Å². The van der Waals surface area contributed by atoms with Crippen LogP contribution in [-0.4, -0.2) is 61.1 Å². The Labute approximate surface area is 142 Å². The zero-order valence-electron chi connectivity index (χ0n) is 14.3. The molecule has 1 aromatic carbocycles. The van der Waals surface area contributed by atoms with Crippen LogP contribution in [0.2, 0.25) is 0 Å². The normalized spacial score (nSPS) is 25.5. The van der Waals surface area contributed by atoms with Crippen LogP contribution >= 0.6 is 0 Å². The lowest BCUT2D eigenvalue weighted by Gasteiger charge is -2.33. The van der Waals surface area contributed by atoms with Gasteiger partial charge in [-0.15, -0.1) is 0 Å². The third-order valence-corrected chi connectivity index (χ3v) is 5.41. The number of rotatable bonds is 2. The lowest BCUT2D eigenvalue weighted by atomic mass is 10.0. The van der Waals surface area contributed by atoms with Gasteiger partial charge in [0.2, 0.25) is 0 Å². The largest absolute Gasteiger partial charge is 0.451 e. The fourth-order valence-electron chi connectivity index (χ4n) is 4.02. The van der Waals surface area contributed by atoms with E-state index in [1.54, 1.807) is 0 Å². The monoisotopic (exact) mass is 328 g/mol. The zero-order chi connectivity index (χ0) is 16.7. The van der Waals surface area contributed by atoms with Crippen molar-refractivity contribution in [1.29, 1.82) is 0 Å². The van der Waals surface area contributed by atoms with Gasteiger partial charge in [-0.1, -0.05) is 25.1 Å². The number of furan rings is 1. The molecule has 2 atom stereocenters. The van der Waals surface area contributed by atoms with Gasteiger partial charge in [0.1, 0.15) is 5.58 Å². The lowest BCUT2D eigenvalue weighted by Crippen LogP contribution is -2.47. The number of morpholine rings is 1. The van der Waals surface area contributed by atoms with Crippen molar-refractivity contribution in [1.82, 2.24) is 9.80 Å². The first-order valence-corrected chi connectivity index (χ1v) is 8.74. The Kier molecular flexibility index (Phi) is 4.06. The van der Waals surface area contributed by atoms with Gasteiger partial charge in [0.25, 0.3) is 5.91 Å². The molecule has 1 aromatic heterocycles. The minimum Gasteiger partial charge on any atom is -0.451 e. The highest BCUT2D eigenvalue weighted by Gasteiger charge is 2.38. The number of carbonyl (C=O) groups is 1. The summed E-state index contributed by atoms with van der Waals surface area (Å²) in [6.07, 6.45) is 0. The summed E-state index contributed by atoms with van der Waals surface area (Å²) in [4.78, 5) is 17.4. The first-order chi connectivity index (χ1) is 11.6. The van der Waals surface area contributed by atoms with E-state index < -0.39 is 0 Å². The van der Waals surface area contributed by atoms with Crippen LogP contribution in [0.1, 0.15) is 23.0 Å². The molecule has 4 rings (SSSR count). The number of amides is 1. The van der Waals surface area contributed by atoms with E-state index in [0.29, 0.717) is 17.7 Å². The smallest absolute Gasteiger partial charge is 0.289 e. The molecule has 5 nitrogen and oxygen atoms in total. The molecular formula is C19H24N2O3. The maximum Gasteiger partial charge on any atom is 0.289 e. The van der Waals surface area contributed by atoms with Crippen LogP contribution in [0.15, 0.2) is 28.7 Å². The highest BCUT2D eigenvalue weighted by Crippen LogP contribution is 2.29. The molecule has 2 saturated heterocycles. The van der Waals surface area contributed by atoms with Crippen LogP contribution in [0.25, 0.3) is 11.0 Å². The average Bonchev–Trinajstić information content (AvgIpc) is 3.16. The Balaban J connectivity index is 1.55. The summed E-state index contributed by atoms with van der Waals surface area (Å²) in [7, 11) is 0. The van der Waals surface area contributed by atoms with Crippen LogP contribution in [0.5, 0.6) is 0 Å². The van der Waals surface area contributed by atoms with Crippen molar-refractivity contribution in [2.45, 2.75) is 19.9 Å². The maximum atomic E-state index is 13.0. The molecule has 2 fully saturated rings. The first kappa shape index (κ1) is 15.7. The number of likely N-dealkylation sites (tertiary alicyclic amines) is 1. The minimum atomic E-state index is 0.0197. The quantitative estimate of drug-likeness (QED) is 0.850. The van der Waals surface area contributed by atoms with Crippen LogP contribution in [0, 0.1) is 12.8 Å². The SMILES string of the molecule is Cc1c(C(=O)N2CC(C)C(N3CCOCC3)C2)oc2ccccc12. The molecule has 0 aliphatic carbocycles. The first-order valence-electron chi connectivity index (χ1n) is 8.74. The average molecular weight is 328 g/mol. The van der Waals surface area contributed by atoms with E-state index in [0.717, 1.165) is 55.9 Å². The van der Waals surface area contributed by atoms with Crippen molar-refractivity contribution in [2.75, 3.05) is 39.4 Å². The van der Waals surface area contributed by atoms with Gasteiger partial charge < -0.3 is 14.1 Å². The third-order valence-electron chi connectivity index (χ3n) is 5.41. The summed E-state index contributed by atoms with van der Waals surface area (Å²) < 4.78 is 11.3. The van der Waals surface area contributed by atoms with Crippen LogP contribution < -0.4 is 0 Å². The number of ether oxygens (including phenoxy) is 1. The van der Waals surface area contributed by atoms with E-state index in [-0.39, 0.29) is 5.91 Å². The molecule has 2 aliphatic heterocycles. The number of nitrogens with zero attached hydrogens (tertiary/aromatic N) is 2. The molecule has 24 heavy (non-hydrogen) atoms. The number of para-hydroxylation sites is 1. The molecule has 0 bridgehead atoms. The molecular weight excluding hydrogens is 304 g/mol. The van der Waals surface area contributed by atoms with Gasteiger partial charge in [0.05, 0.1) is 13.2 Å². The fourth-order valence-corrected chi connectivity index (χ4v) is 4.02. The van der Waals surface area contributed by atoms with Crippen molar-refractivity contribution in [2.24, 2.45) is 5.92 Å². The van der Waals surface area contributed by atoms with E-state index >= 15 is 0 Å². The van der Waals surface area contributed by atoms with Crippen molar-refractivity contribution in [3.8, 4) is 0 Å². The summed E-state index contributed by atoms with van der Waals surface area (Å²) in [5, 5.41) is 1.03. The fraction of sp³-hybridized carbons (Fsp3) is 0.526. The Bertz CT molecular complexity index is 748. The second-order valence-corrected chi connectivity index (χ2v) is 6.96. The Morgan fingerprint density at radius 2 is 1.92 bits per heavy atom. The number of benzene rings is 1. The molecule has 5 heteroatoms. The van der Waals surface area contributed by atoms with E-state index in [1.165, 1.54) is 0 Å². The number of hydrogen-bond acceptors (Lipinski definition) is 4.